The third-order valence-electron chi connectivity index (χ3n) is 10.2. The first-order valence-corrected chi connectivity index (χ1v) is 11.3. The van der Waals surface area contributed by atoms with Gasteiger partial charge in [-0.2, -0.15) is 0 Å². The Kier molecular flexibility index (Phi) is 2.65. The third-order valence-corrected chi connectivity index (χ3v) is 10.2. The number of ether oxygens (including phenoxy) is 1. The van der Waals surface area contributed by atoms with Crippen molar-refractivity contribution in [2.75, 3.05) is 6.61 Å². The van der Waals surface area contributed by atoms with Gasteiger partial charge < -0.3 is 4.74 Å². The minimum Gasteiger partial charge on any atom is -0.366 e. The maximum atomic E-state index is 12.1. The van der Waals surface area contributed by atoms with Gasteiger partial charge in [0.05, 0.1) is 12.2 Å². The van der Waals surface area contributed by atoms with E-state index in [9.17, 15) is 4.79 Å². The first-order valence-electron chi connectivity index (χ1n) is 11.3. The van der Waals surface area contributed by atoms with Gasteiger partial charge in [0.1, 0.15) is 5.78 Å². The molecule has 2 nitrogen and oxygen atoms in total. The molecule has 4 fully saturated rings. The van der Waals surface area contributed by atoms with E-state index in [0.29, 0.717) is 11.2 Å². The molecule has 0 aromatic rings. The first-order chi connectivity index (χ1) is 12.7. The predicted octanol–water partition coefficient (Wildman–Crippen LogP) is 4.70. The van der Waals surface area contributed by atoms with Crippen LogP contribution < -0.4 is 0 Å². The molecule has 1 spiro atoms. The number of hydrogen-bond donors (Lipinski definition) is 0. The van der Waals surface area contributed by atoms with Crippen LogP contribution in [0.1, 0.15) is 58.3 Å². The lowest BCUT2D eigenvalue weighted by atomic mass is 9.49. The summed E-state index contributed by atoms with van der Waals surface area (Å²) in [6.07, 6.45) is 14.4. The lowest BCUT2D eigenvalue weighted by Crippen LogP contribution is -2.55. The fraction of sp³-hybridized carbons (Fsp3) is 0.792. The molecule has 1 heterocycles. The smallest absolute Gasteiger partial charge is 0.137 e. The van der Waals surface area contributed by atoms with Gasteiger partial charge in [-0.15, -0.1) is 0 Å². The van der Waals surface area contributed by atoms with E-state index in [4.69, 9.17) is 4.74 Å². The molecule has 7 aliphatic rings. The van der Waals surface area contributed by atoms with E-state index in [1.807, 2.05) is 0 Å². The SMILES string of the molecule is CC[C@]12CC[C@@H]3C4=C(CC(=O)CC4)[C@H]4C[C@H]4[C@H]3[C@@H]1[C@@H]1C[C@@H]1[C@@]21C=CCO1. The van der Waals surface area contributed by atoms with Crippen LogP contribution in [-0.2, 0) is 9.53 Å². The summed E-state index contributed by atoms with van der Waals surface area (Å²) in [4.78, 5) is 12.1. The summed E-state index contributed by atoms with van der Waals surface area (Å²) in [5.41, 5.74) is 3.90. The van der Waals surface area contributed by atoms with Crippen molar-refractivity contribution in [2.45, 2.75) is 63.9 Å². The van der Waals surface area contributed by atoms with Crippen LogP contribution in [0.15, 0.2) is 23.3 Å². The largest absolute Gasteiger partial charge is 0.366 e. The van der Waals surface area contributed by atoms with Gasteiger partial charge in [0.2, 0.25) is 0 Å². The fourth-order valence-electron chi connectivity index (χ4n) is 9.36. The highest BCUT2D eigenvalue weighted by Gasteiger charge is 2.78. The van der Waals surface area contributed by atoms with E-state index in [-0.39, 0.29) is 5.60 Å². The predicted molar refractivity (Wildman–Crippen MR) is 99.3 cm³/mol. The number of allylic oxidation sites excluding steroid dienone is 2. The van der Waals surface area contributed by atoms with Crippen LogP contribution in [0.5, 0.6) is 0 Å². The molecule has 0 unspecified atom stereocenters. The number of carbonyl (C=O) groups excluding carboxylic acids is 1. The quantitative estimate of drug-likeness (QED) is 0.641. The van der Waals surface area contributed by atoms with Crippen LogP contribution >= 0.6 is 0 Å². The Bertz CT molecular complexity index is 777. The van der Waals surface area contributed by atoms with Crippen LogP contribution in [0, 0.1) is 46.8 Å². The molecule has 0 N–H and O–H groups in total. The summed E-state index contributed by atoms with van der Waals surface area (Å²) >= 11 is 0. The van der Waals surface area contributed by atoms with Crippen molar-refractivity contribution in [3.63, 3.8) is 0 Å². The summed E-state index contributed by atoms with van der Waals surface area (Å²) < 4.78 is 6.60. The average molecular weight is 351 g/mol. The van der Waals surface area contributed by atoms with Gasteiger partial charge in [0.15, 0.2) is 0 Å². The highest BCUT2D eigenvalue weighted by molar-refractivity contribution is 5.83. The van der Waals surface area contributed by atoms with Gasteiger partial charge in [-0.05, 0) is 80.0 Å². The van der Waals surface area contributed by atoms with Gasteiger partial charge in [0, 0.05) is 18.3 Å². The lowest BCUT2D eigenvalue weighted by molar-refractivity contribution is -0.136. The third kappa shape index (κ3) is 1.49. The molecule has 0 aromatic heterocycles. The molecule has 4 saturated carbocycles. The second kappa shape index (κ2) is 4.57. The van der Waals surface area contributed by atoms with E-state index < -0.39 is 0 Å². The van der Waals surface area contributed by atoms with Gasteiger partial charge in [-0.1, -0.05) is 30.2 Å². The van der Waals surface area contributed by atoms with Crippen LogP contribution in [0.4, 0.5) is 0 Å². The summed E-state index contributed by atoms with van der Waals surface area (Å²) in [6, 6.07) is 0. The normalized spacial score (nSPS) is 58.2. The number of carbonyl (C=O) groups is 1. The van der Waals surface area contributed by atoms with Crippen LogP contribution in [-0.4, -0.2) is 18.0 Å². The number of fused-ring (bicyclic) bond motifs is 11. The maximum absolute atomic E-state index is 12.1. The Labute approximate surface area is 156 Å². The summed E-state index contributed by atoms with van der Waals surface area (Å²) in [5.74, 6) is 6.56. The second-order valence-corrected chi connectivity index (χ2v) is 10.5. The zero-order chi connectivity index (χ0) is 17.3. The monoisotopic (exact) mass is 350 g/mol. The van der Waals surface area contributed by atoms with Gasteiger partial charge in [-0.3, -0.25) is 4.79 Å². The molecule has 0 aromatic carbocycles. The Balaban J connectivity index is 1.35. The molecule has 0 saturated heterocycles. The number of ketones is 1. The van der Waals surface area contributed by atoms with Crippen molar-refractivity contribution in [3.8, 4) is 0 Å². The van der Waals surface area contributed by atoms with Gasteiger partial charge >= 0.3 is 0 Å². The standard InChI is InChI=1S/C24H30O2/c1-2-23-8-6-15-14-5-4-13(25)10-16(14)17-11-18(17)21(15)22(23)19-12-20(19)24(23)7-3-9-26-24/h3,7,15,17-22H,2,4-6,8-12H2,1H3/t15-,17-,18-,19-,20+,21+,22+,23+,24+/m1/s1. The van der Waals surface area contributed by atoms with Crippen LogP contribution in [0.3, 0.4) is 0 Å². The van der Waals surface area contributed by atoms with Gasteiger partial charge in [-0.25, -0.2) is 0 Å². The Morgan fingerprint density at radius 3 is 2.88 bits per heavy atom. The fourth-order valence-corrected chi connectivity index (χ4v) is 9.36. The molecule has 0 amide bonds. The van der Waals surface area contributed by atoms with E-state index in [1.54, 1.807) is 11.1 Å². The summed E-state index contributed by atoms with van der Waals surface area (Å²) in [7, 11) is 0. The molecular formula is C24H30O2. The van der Waals surface area contributed by atoms with E-state index >= 15 is 0 Å². The zero-order valence-corrected chi connectivity index (χ0v) is 15.9. The molecule has 138 valence electrons. The molecule has 0 bridgehead atoms. The highest BCUT2D eigenvalue weighted by atomic mass is 16.5. The Hall–Kier alpha value is -0.890. The van der Waals surface area contributed by atoms with Crippen molar-refractivity contribution < 1.29 is 9.53 Å². The molecule has 6 aliphatic carbocycles. The number of Topliss-reactive ketones (excluding diaryl/α,β-unsaturated/α-hetero) is 1. The van der Waals surface area contributed by atoms with E-state index in [1.165, 1.54) is 32.1 Å². The first kappa shape index (κ1) is 15.1. The van der Waals surface area contributed by atoms with Crippen LogP contribution in [0.2, 0.25) is 0 Å². The molecule has 7 rings (SSSR count). The second-order valence-electron chi connectivity index (χ2n) is 10.5. The maximum Gasteiger partial charge on any atom is 0.137 e. The summed E-state index contributed by atoms with van der Waals surface area (Å²) in [6.45, 7) is 3.29. The Morgan fingerprint density at radius 2 is 2.08 bits per heavy atom. The van der Waals surface area contributed by atoms with Crippen LogP contribution in [0.25, 0.3) is 0 Å². The minimum absolute atomic E-state index is 0.0869. The van der Waals surface area contributed by atoms with Crippen molar-refractivity contribution in [1.82, 2.24) is 0 Å². The van der Waals surface area contributed by atoms with E-state index in [0.717, 1.165) is 67.3 Å². The topological polar surface area (TPSA) is 26.3 Å². The number of rotatable bonds is 1. The Morgan fingerprint density at radius 1 is 1.15 bits per heavy atom. The molecular weight excluding hydrogens is 320 g/mol. The number of hydrogen-bond acceptors (Lipinski definition) is 2. The van der Waals surface area contributed by atoms with Crippen molar-refractivity contribution in [1.29, 1.82) is 0 Å². The summed E-state index contributed by atoms with van der Waals surface area (Å²) in [5, 5.41) is 0. The van der Waals surface area contributed by atoms with Crippen molar-refractivity contribution >= 4 is 5.78 Å². The van der Waals surface area contributed by atoms with Crippen molar-refractivity contribution in [2.24, 2.45) is 46.8 Å². The molecule has 26 heavy (non-hydrogen) atoms. The molecule has 9 atom stereocenters. The zero-order valence-electron chi connectivity index (χ0n) is 15.9. The minimum atomic E-state index is 0.0869. The van der Waals surface area contributed by atoms with Gasteiger partial charge in [0.25, 0.3) is 0 Å². The molecule has 1 aliphatic heterocycles. The molecule has 2 heteroatoms. The average Bonchev–Trinajstić information content (AvgIpc) is 3.56. The molecule has 0 radical (unpaired) electrons. The highest BCUT2D eigenvalue weighted by Crippen LogP contribution is 2.80. The van der Waals surface area contributed by atoms with E-state index in [2.05, 4.69) is 19.1 Å². The van der Waals surface area contributed by atoms with Crippen molar-refractivity contribution in [3.05, 3.63) is 23.3 Å². The lowest BCUT2D eigenvalue weighted by Gasteiger charge is -2.57.